The van der Waals surface area contributed by atoms with E-state index in [9.17, 15) is 9.18 Å². The molecule has 1 fully saturated rings. The number of rotatable bonds is 3. The van der Waals surface area contributed by atoms with Crippen LogP contribution in [-0.2, 0) is 15.9 Å². The zero-order chi connectivity index (χ0) is 23.9. The first-order chi connectivity index (χ1) is 15.5. The molecule has 0 N–H and O–H groups in total. The van der Waals surface area contributed by atoms with E-state index < -0.39 is 11.4 Å². The highest BCUT2D eigenvalue weighted by Crippen LogP contribution is 2.35. The van der Waals surface area contributed by atoms with Crippen LogP contribution in [0.5, 0.6) is 0 Å². The van der Waals surface area contributed by atoms with Crippen LogP contribution in [0.4, 0.5) is 9.18 Å². The van der Waals surface area contributed by atoms with Crippen molar-refractivity contribution in [2.75, 3.05) is 19.7 Å². The summed E-state index contributed by atoms with van der Waals surface area (Å²) in [7, 11) is 0. The topological polar surface area (TPSA) is 56.1 Å². The van der Waals surface area contributed by atoms with Crippen molar-refractivity contribution < 1.29 is 18.7 Å². The zero-order valence-corrected chi connectivity index (χ0v) is 21.3. The number of carbonyl (C=O) groups excluding carboxylic acids is 1. The second-order valence-electron chi connectivity index (χ2n) is 9.21. The van der Waals surface area contributed by atoms with Crippen molar-refractivity contribution >= 4 is 39.3 Å². The summed E-state index contributed by atoms with van der Waals surface area (Å²) in [4.78, 5) is 19.0. The molecular formula is C24H26BrClFN3O3. The summed E-state index contributed by atoms with van der Waals surface area (Å²) in [5, 5.41) is 0.393. The van der Waals surface area contributed by atoms with Gasteiger partial charge in [0.05, 0.1) is 40.1 Å². The Morgan fingerprint density at radius 2 is 2.12 bits per heavy atom. The molecule has 1 atom stereocenters. The van der Waals surface area contributed by atoms with E-state index in [1.807, 2.05) is 50.4 Å². The number of benzene rings is 1. The highest BCUT2D eigenvalue weighted by molar-refractivity contribution is 9.10. The van der Waals surface area contributed by atoms with Gasteiger partial charge in [0.1, 0.15) is 17.1 Å². The molecule has 176 valence electrons. The molecule has 33 heavy (non-hydrogen) atoms. The third-order valence-electron chi connectivity index (χ3n) is 5.36. The van der Waals surface area contributed by atoms with Crippen molar-refractivity contribution in [2.45, 2.75) is 45.8 Å². The number of ether oxygens (including phenoxy) is 2. The van der Waals surface area contributed by atoms with Gasteiger partial charge >= 0.3 is 6.09 Å². The number of amides is 1. The van der Waals surface area contributed by atoms with Crippen LogP contribution in [0.1, 0.15) is 32.0 Å². The van der Waals surface area contributed by atoms with E-state index in [0.29, 0.717) is 46.9 Å². The van der Waals surface area contributed by atoms with Gasteiger partial charge in [-0.3, -0.25) is 0 Å². The Morgan fingerprint density at radius 1 is 1.36 bits per heavy atom. The van der Waals surface area contributed by atoms with Gasteiger partial charge in [-0.1, -0.05) is 11.6 Å². The summed E-state index contributed by atoms with van der Waals surface area (Å²) in [5.41, 5.74) is 3.16. The number of aryl methyl sites for hydroxylation is 1. The number of hydrogen-bond donors (Lipinski definition) is 0. The lowest BCUT2D eigenvalue weighted by Gasteiger charge is -2.34. The van der Waals surface area contributed by atoms with Crippen molar-refractivity contribution in [3.63, 3.8) is 0 Å². The summed E-state index contributed by atoms with van der Waals surface area (Å²) in [6, 6.07) is 6.87. The molecule has 0 aliphatic carbocycles. The van der Waals surface area contributed by atoms with Gasteiger partial charge in [-0.25, -0.2) is 14.2 Å². The lowest BCUT2D eigenvalue weighted by molar-refractivity contribution is -0.0418. The number of carbonyl (C=O) groups is 1. The molecule has 6 nitrogen and oxygen atoms in total. The van der Waals surface area contributed by atoms with Crippen LogP contribution in [-0.4, -0.2) is 51.8 Å². The maximum absolute atomic E-state index is 14.4. The molecule has 1 saturated heterocycles. The van der Waals surface area contributed by atoms with E-state index in [4.69, 9.17) is 26.1 Å². The molecule has 4 rings (SSSR count). The van der Waals surface area contributed by atoms with Crippen LogP contribution in [0.3, 0.4) is 0 Å². The average molecular weight is 539 g/mol. The maximum atomic E-state index is 14.4. The van der Waals surface area contributed by atoms with Crippen molar-refractivity contribution in [1.82, 2.24) is 14.3 Å². The minimum atomic E-state index is -0.569. The Hall–Kier alpha value is -2.16. The van der Waals surface area contributed by atoms with Crippen LogP contribution >= 0.6 is 27.5 Å². The largest absolute Gasteiger partial charge is 0.444 e. The van der Waals surface area contributed by atoms with Crippen molar-refractivity contribution in [3.8, 4) is 11.3 Å². The van der Waals surface area contributed by atoms with Gasteiger partial charge in [0.25, 0.3) is 0 Å². The van der Waals surface area contributed by atoms with Crippen LogP contribution in [0.25, 0.3) is 16.9 Å². The molecule has 0 radical (unpaired) electrons. The summed E-state index contributed by atoms with van der Waals surface area (Å²) >= 11 is 9.67. The fourth-order valence-electron chi connectivity index (χ4n) is 3.86. The molecule has 3 aromatic rings. The van der Waals surface area contributed by atoms with Gasteiger partial charge < -0.3 is 18.8 Å². The number of aromatic nitrogens is 2. The molecule has 0 spiro atoms. The Kier molecular flexibility index (Phi) is 6.71. The zero-order valence-electron chi connectivity index (χ0n) is 19.0. The SMILES string of the molecule is Cc1ccn2c(CC3CN(C(=O)OC(C)(C)C)CCO3)c(-c3cc(F)c(Br)cc3Cl)nc2c1. The quantitative estimate of drug-likeness (QED) is 0.381. The van der Waals surface area contributed by atoms with Crippen LogP contribution in [0, 0.1) is 12.7 Å². The Balaban J connectivity index is 1.69. The maximum Gasteiger partial charge on any atom is 0.410 e. The lowest BCUT2D eigenvalue weighted by atomic mass is 10.0. The summed E-state index contributed by atoms with van der Waals surface area (Å²) in [6.07, 6.45) is 1.77. The predicted molar refractivity (Wildman–Crippen MR) is 129 cm³/mol. The average Bonchev–Trinajstić information content (AvgIpc) is 3.06. The van der Waals surface area contributed by atoms with E-state index in [1.54, 1.807) is 4.90 Å². The molecule has 0 bridgehead atoms. The van der Waals surface area contributed by atoms with Crippen molar-refractivity contribution in [3.05, 3.63) is 57.0 Å². The molecule has 3 heterocycles. The number of nitrogens with zero attached hydrogens (tertiary/aromatic N) is 3. The number of fused-ring (bicyclic) bond motifs is 1. The normalized spacial score (nSPS) is 16.9. The first-order valence-corrected chi connectivity index (χ1v) is 11.9. The van der Waals surface area contributed by atoms with Gasteiger partial charge in [0.15, 0.2) is 0 Å². The summed E-state index contributed by atoms with van der Waals surface area (Å²) < 4.78 is 28.2. The number of pyridine rings is 1. The molecular weight excluding hydrogens is 513 g/mol. The minimum Gasteiger partial charge on any atom is -0.444 e. The number of imidazole rings is 1. The summed E-state index contributed by atoms with van der Waals surface area (Å²) in [5.74, 6) is -0.418. The van der Waals surface area contributed by atoms with Gasteiger partial charge in [-0.05, 0) is 73.5 Å². The Labute approximate surface area is 205 Å². The van der Waals surface area contributed by atoms with Gasteiger partial charge in [-0.15, -0.1) is 0 Å². The predicted octanol–water partition coefficient (Wildman–Crippen LogP) is 6.04. The second kappa shape index (κ2) is 9.24. The monoisotopic (exact) mass is 537 g/mol. The summed E-state index contributed by atoms with van der Waals surface area (Å²) in [6.45, 7) is 8.78. The molecule has 9 heteroatoms. The molecule has 1 amide bonds. The van der Waals surface area contributed by atoms with Crippen molar-refractivity contribution in [2.24, 2.45) is 0 Å². The Bertz CT molecular complexity index is 1210. The highest BCUT2D eigenvalue weighted by atomic mass is 79.9. The minimum absolute atomic E-state index is 0.273. The fraction of sp³-hybridized carbons (Fsp3) is 0.417. The first-order valence-electron chi connectivity index (χ1n) is 10.7. The van der Waals surface area contributed by atoms with E-state index in [1.165, 1.54) is 12.1 Å². The first kappa shape index (κ1) is 24.0. The van der Waals surface area contributed by atoms with Crippen LogP contribution in [0.2, 0.25) is 5.02 Å². The van der Waals surface area contributed by atoms with E-state index in [-0.39, 0.29) is 12.2 Å². The number of morpholine rings is 1. The molecule has 1 aliphatic rings. The van der Waals surface area contributed by atoms with Gasteiger partial charge in [-0.2, -0.15) is 0 Å². The van der Waals surface area contributed by atoms with Crippen LogP contribution < -0.4 is 0 Å². The fourth-order valence-corrected chi connectivity index (χ4v) is 4.59. The second-order valence-corrected chi connectivity index (χ2v) is 10.5. The number of hydrogen-bond acceptors (Lipinski definition) is 4. The Morgan fingerprint density at radius 3 is 2.85 bits per heavy atom. The smallest absolute Gasteiger partial charge is 0.410 e. The number of halogens is 3. The van der Waals surface area contributed by atoms with E-state index in [0.717, 1.165) is 16.9 Å². The molecule has 1 aromatic carbocycles. The highest BCUT2D eigenvalue weighted by Gasteiger charge is 2.30. The van der Waals surface area contributed by atoms with E-state index >= 15 is 0 Å². The van der Waals surface area contributed by atoms with Gasteiger partial charge in [0, 0.05) is 24.7 Å². The molecule has 2 aromatic heterocycles. The third kappa shape index (κ3) is 5.34. The lowest BCUT2D eigenvalue weighted by Crippen LogP contribution is -2.48. The van der Waals surface area contributed by atoms with Gasteiger partial charge in [0.2, 0.25) is 0 Å². The molecule has 1 unspecified atom stereocenters. The standard InChI is InChI=1S/C24H26BrClFN3O3/c1-14-5-6-30-20(10-15-13-29(7-8-32-15)23(31)33-24(2,3)4)22(28-21(30)9-14)16-11-19(27)17(25)12-18(16)26/h5-6,9,11-12,15H,7-8,10,13H2,1-4H3. The van der Waals surface area contributed by atoms with Crippen molar-refractivity contribution in [1.29, 1.82) is 0 Å². The van der Waals surface area contributed by atoms with E-state index in [2.05, 4.69) is 15.9 Å². The third-order valence-corrected chi connectivity index (χ3v) is 6.28. The van der Waals surface area contributed by atoms with Crippen LogP contribution in [0.15, 0.2) is 34.9 Å². The molecule has 0 saturated carbocycles. The molecule has 1 aliphatic heterocycles.